The van der Waals surface area contributed by atoms with Crippen LogP contribution in [0, 0.1) is 5.41 Å². The molecule has 0 aliphatic heterocycles. The van der Waals surface area contributed by atoms with E-state index in [0.29, 0.717) is 24.3 Å². The van der Waals surface area contributed by atoms with Gasteiger partial charge in [0, 0.05) is 23.5 Å². The molecule has 28 heavy (non-hydrogen) atoms. The zero-order valence-electron chi connectivity index (χ0n) is 15.8. The number of carbonyl (C=O) groups excluding carboxylic acids is 1. The van der Waals surface area contributed by atoms with Crippen molar-refractivity contribution in [2.45, 2.75) is 44.1 Å². The molecule has 5 nitrogen and oxygen atoms in total. The molecule has 1 saturated carbocycles. The Hall–Kier alpha value is -2.37. The summed E-state index contributed by atoms with van der Waals surface area (Å²) >= 11 is 5.96. The highest BCUT2D eigenvalue weighted by Crippen LogP contribution is 2.27. The van der Waals surface area contributed by atoms with Crippen molar-refractivity contribution in [2.75, 3.05) is 6.54 Å². The monoisotopic (exact) mass is 399 g/mol. The minimum absolute atomic E-state index is 0.127. The van der Waals surface area contributed by atoms with Crippen LogP contribution < -0.4 is 5.32 Å². The highest BCUT2D eigenvalue weighted by Gasteiger charge is 2.29. The van der Waals surface area contributed by atoms with Gasteiger partial charge in [-0.3, -0.25) is 10.2 Å². The second kappa shape index (κ2) is 9.22. The summed E-state index contributed by atoms with van der Waals surface area (Å²) in [5.74, 6) is -0.473. The second-order valence-corrected chi connectivity index (χ2v) is 7.87. The van der Waals surface area contributed by atoms with Crippen LogP contribution in [0.1, 0.15) is 43.4 Å². The number of aromatic amines is 1. The van der Waals surface area contributed by atoms with Gasteiger partial charge in [-0.25, -0.2) is 0 Å². The lowest BCUT2D eigenvalue weighted by molar-refractivity contribution is -0.116. The van der Waals surface area contributed by atoms with Crippen LogP contribution in [0.3, 0.4) is 0 Å². The van der Waals surface area contributed by atoms with Crippen molar-refractivity contribution in [3.63, 3.8) is 0 Å². The number of rotatable bonds is 7. The maximum Gasteiger partial charge on any atom is 0.269 e. The van der Waals surface area contributed by atoms with Crippen LogP contribution >= 0.6 is 11.6 Å². The van der Waals surface area contributed by atoms with Crippen LogP contribution in [0.15, 0.2) is 48.7 Å². The third-order valence-corrected chi connectivity index (χ3v) is 5.43. The first-order valence-electron chi connectivity index (χ1n) is 9.63. The maximum atomic E-state index is 12.4. The Balaban J connectivity index is 1.69. The summed E-state index contributed by atoms with van der Waals surface area (Å²) in [5, 5.41) is 22.1. The number of allylic oxidation sites excluding steroid dienone is 1. The van der Waals surface area contributed by atoms with Gasteiger partial charge in [-0.15, -0.1) is 0 Å². The lowest BCUT2D eigenvalue weighted by Gasteiger charge is -2.32. The molecule has 0 unspecified atom stereocenters. The van der Waals surface area contributed by atoms with Crippen molar-refractivity contribution in [1.29, 1.82) is 5.41 Å². The molecule has 1 aliphatic rings. The van der Waals surface area contributed by atoms with Gasteiger partial charge in [0.25, 0.3) is 5.91 Å². The summed E-state index contributed by atoms with van der Waals surface area (Å²) in [6, 6.07) is 11.3. The molecule has 0 atom stereocenters. The van der Waals surface area contributed by atoms with Crippen molar-refractivity contribution in [3.05, 3.63) is 65.0 Å². The molecule has 4 N–H and O–H groups in total. The summed E-state index contributed by atoms with van der Waals surface area (Å²) in [5.41, 5.74) is 1.76. The van der Waals surface area contributed by atoms with E-state index < -0.39 is 11.5 Å². The molecule has 0 radical (unpaired) electrons. The van der Waals surface area contributed by atoms with Crippen molar-refractivity contribution < 1.29 is 9.90 Å². The van der Waals surface area contributed by atoms with E-state index in [0.717, 1.165) is 36.1 Å². The van der Waals surface area contributed by atoms with E-state index >= 15 is 0 Å². The molecule has 1 aliphatic carbocycles. The van der Waals surface area contributed by atoms with Crippen LogP contribution in [0.4, 0.5) is 0 Å². The number of hydrogen-bond acceptors (Lipinski definition) is 3. The second-order valence-electron chi connectivity index (χ2n) is 7.44. The molecule has 1 amide bonds. The summed E-state index contributed by atoms with van der Waals surface area (Å²) in [6.45, 7) is 0.192. The van der Waals surface area contributed by atoms with Crippen LogP contribution in [-0.4, -0.2) is 33.9 Å². The predicted octanol–water partition coefficient (Wildman–Crippen LogP) is 4.13. The van der Waals surface area contributed by atoms with E-state index in [-0.39, 0.29) is 12.3 Å². The van der Waals surface area contributed by atoms with Crippen LogP contribution in [0.25, 0.3) is 5.57 Å². The number of aromatic nitrogens is 1. The Kier molecular flexibility index (Phi) is 6.70. The molecule has 1 heterocycles. The molecule has 0 bridgehead atoms. The van der Waals surface area contributed by atoms with E-state index in [9.17, 15) is 9.90 Å². The largest absolute Gasteiger partial charge is 0.388 e. The van der Waals surface area contributed by atoms with E-state index in [1.165, 1.54) is 0 Å². The van der Waals surface area contributed by atoms with Crippen molar-refractivity contribution in [1.82, 2.24) is 10.3 Å². The third kappa shape index (κ3) is 5.57. The van der Waals surface area contributed by atoms with Gasteiger partial charge in [0.05, 0.1) is 5.60 Å². The Morgan fingerprint density at radius 2 is 1.93 bits per heavy atom. The normalized spacial score (nSPS) is 16.6. The predicted molar refractivity (Wildman–Crippen MR) is 113 cm³/mol. The van der Waals surface area contributed by atoms with Gasteiger partial charge in [-0.05, 0) is 60.7 Å². The number of H-pyrrole nitrogens is 1. The Bertz CT molecular complexity index is 835. The smallest absolute Gasteiger partial charge is 0.269 e. The number of amides is 1. The lowest BCUT2D eigenvalue weighted by atomic mass is 9.85. The van der Waals surface area contributed by atoms with Crippen LogP contribution in [-0.2, 0) is 11.2 Å². The molecule has 3 rings (SSSR count). The number of hydrogen-bond donors (Lipinski definition) is 4. The van der Waals surface area contributed by atoms with Gasteiger partial charge in [-0.2, -0.15) is 0 Å². The number of aliphatic hydroxyl groups is 1. The Morgan fingerprint density at radius 3 is 2.57 bits per heavy atom. The fraction of sp³-hybridized carbons (Fsp3) is 0.364. The number of benzene rings is 1. The van der Waals surface area contributed by atoms with E-state index in [1.807, 2.05) is 42.6 Å². The maximum absolute atomic E-state index is 12.4. The van der Waals surface area contributed by atoms with Gasteiger partial charge >= 0.3 is 0 Å². The summed E-state index contributed by atoms with van der Waals surface area (Å²) in [6.07, 6.45) is 8.43. The minimum Gasteiger partial charge on any atom is -0.388 e. The first-order valence-corrected chi connectivity index (χ1v) is 10.0. The number of carbonyl (C=O) groups is 1. The van der Waals surface area contributed by atoms with E-state index in [2.05, 4.69) is 10.3 Å². The van der Waals surface area contributed by atoms with Gasteiger partial charge < -0.3 is 15.4 Å². The van der Waals surface area contributed by atoms with Gasteiger partial charge in [0.2, 0.25) is 0 Å². The standard InChI is InChI=1S/C22H26ClN3O2/c23-18-8-6-16(7-9-18)13-17(20-5-4-12-25-20)14-19(24)21(27)26-15-22(28)10-2-1-3-11-22/h4-9,12,14,24-25,28H,1-3,10-11,13,15H2,(H,26,27)/b17-14-,24-19?. The molecule has 148 valence electrons. The fourth-order valence-corrected chi connectivity index (χ4v) is 3.67. The number of halogens is 1. The van der Waals surface area contributed by atoms with Crippen molar-refractivity contribution >= 4 is 28.8 Å². The SMILES string of the molecule is N=C(/C=C(/Cc1ccc(Cl)cc1)c1ccc[nH]1)C(=O)NCC1(O)CCCCC1. The highest BCUT2D eigenvalue weighted by molar-refractivity contribution is 6.43. The third-order valence-electron chi connectivity index (χ3n) is 5.18. The lowest BCUT2D eigenvalue weighted by Crippen LogP contribution is -2.45. The van der Waals surface area contributed by atoms with Crippen LogP contribution in [0.2, 0.25) is 5.02 Å². The van der Waals surface area contributed by atoms with Crippen molar-refractivity contribution in [3.8, 4) is 0 Å². The molecule has 0 spiro atoms. The summed E-state index contributed by atoms with van der Waals surface area (Å²) < 4.78 is 0. The fourth-order valence-electron chi connectivity index (χ4n) is 3.54. The Morgan fingerprint density at radius 1 is 1.21 bits per heavy atom. The first-order chi connectivity index (χ1) is 13.5. The average molecular weight is 400 g/mol. The quantitative estimate of drug-likeness (QED) is 0.527. The van der Waals surface area contributed by atoms with Gasteiger partial charge in [0.1, 0.15) is 5.71 Å². The molecule has 6 heteroatoms. The molecule has 1 aromatic heterocycles. The molecule has 0 saturated heterocycles. The van der Waals surface area contributed by atoms with E-state index in [1.54, 1.807) is 6.08 Å². The first kappa shape index (κ1) is 20.4. The highest BCUT2D eigenvalue weighted by atomic mass is 35.5. The van der Waals surface area contributed by atoms with Gasteiger partial charge in [-0.1, -0.05) is 43.0 Å². The Labute approximate surface area is 170 Å². The van der Waals surface area contributed by atoms with E-state index in [4.69, 9.17) is 17.0 Å². The molecule has 1 fully saturated rings. The zero-order valence-corrected chi connectivity index (χ0v) is 16.6. The summed E-state index contributed by atoms with van der Waals surface area (Å²) in [7, 11) is 0. The molecule has 1 aromatic carbocycles. The minimum atomic E-state index is -0.844. The number of nitrogens with one attached hydrogen (secondary N) is 3. The average Bonchev–Trinajstić information content (AvgIpc) is 3.22. The molecule has 2 aromatic rings. The van der Waals surface area contributed by atoms with Crippen molar-refractivity contribution in [2.24, 2.45) is 0 Å². The van der Waals surface area contributed by atoms with Gasteiger partial charge in [0.15, 0.2) is 0 Å². The van der Waals surface area contributed by atoms with Crippen LogP contribution in [0.5, 0.6) is 0 Å². The topological polar surface area (TPSA) is 89.0 Å². The zero-order chi connectivity index (χ0) is 20.0. The molecular weight excluding hydrogens is 374 g/mol. The summed E-state index contributed by atoms with van der Waals surface area (Å²) in [4.78, 5) is 15.6. The molecular formula is C22H26ClN3O2.